The number of hydrogen-bond donors (Lipinski definition) is 0. The summed E-state index contributed by atoms with van der Waals surface area (Å²) < 4.78 is 32.3. The summed E-state index contributed by atoms with van der Waals surface area (Å²) in [6.07, 6.45) is 10.1. The number of ether oxygens (including phenoxy) is 6. The molecule has 0 saturated heterocycles. The van der Waals surface area contributed by atoms with Crippen LogP contribution in [0.1, 0.15) is 235 Å². The minimum Gasteiger partial charge on any atom is -0.466 e. The van der Waals surface area contributed by atoms with Crippen LogP contribution in [0, 0.1) is 17.8 Å². The first-order valence-corrected chi connectivity index (χ1v) is 57.3. The van der Waals surface area contributed by atoms with E-state index in [-0.39, 0.29) is 115 Å². The van der Waals surface area contributed by atoms with Crippen LogP contribution in [0.15, 0.2) is 382 Å². The molecular formula is C130H173O12P5. The second-order valence-electron chi connectivity index (χ2n) is 37.5. The normalized spacial score (nSPS) is 11.3. The average molecular weight is 2080 g/mol. The third-order valence-corrected chi connectivity index (χ3v) is 36.0. The van der Waals surface area contributed by atoms with E-state index in [9.17, 15) is 28.8 Å². The summed E-state index contributed by atoms with van der Waals surface area (Å²) in [6, 6.07) is 132. The van der Waals surface area contributed by atoms with Crippen LogP contribution in [0.4, 0.5) is 0 Å². The van der Waals surface area contributed by atoms with Crippen LogP contribution >= 0.6 is 39.6 Å². The van der Waals surface area contributed by atoms with Crippen molar-refractivity contribution in [3.8, 4) is 5.75 Å². The first-order valence-electron chi connectivity index (χ1n) is 49.7. The average Bonchev–Trinajstić information content (AvgIpc) is 0.792. The molecule has 17 heteroatoms. The summed E-state index contributed by atoms with van der Waals surface area (Å²) in [4.78, 5) is 72.9. The number of esters is 6. The molecule has 0 aliphatic carbocycles. The summed E-state index contributed by atoms with van der Waals surface area (Å²) in [5.41, 5.74) is 4.24. The highest BCUT2D eigenvalue weighted by molar-refractivity contribution is 7.74. The third kappa shape index (κ3) is 48.3. The quantitative estimate of drug-likeness (QED) is 0.0118. The molecule has 13 aromatic carbocycles. The lowest BCUT2D eigenvalue weighted by molar-refractivity contribution is -0.158. The second-order valence-corrected chi connectivity index (χ2v) is 48.9. The molecule has 13 rings (SSSR count). The van der Waals surface area contributed by atoms with Crippen LogP contribution in [0.5, 0.6) is 5.75 Å². The largest absolute Gasteiger partial charge is 0.466 e. The van der Waals surface area contributed by atoms with Gasteiger partial charge in [0.1, 0.15) is 11.4 Å². The van der Waals surface area contributed by atoms with Gasteiger partial charge in [-0.1, -0.05) is 510 Å². The second kappa shape index (κ2) is 72.2. The Labute approximate surface area is 893 Å². The zero-order valence-corrected chi connectivity index (χ0v) is 90.3. The third-order valence-electron chi connectivity index (χ3n) is 22.8. The van der Waals surface area contributed by atoms with Gasteiger partial charge in [0, 0.05) is 17.9 Å². The first-order chi connectivity index (χ1) is 68.0. The van der Waals surface area contributed by atoms with E-state index in [0.29, 0.717) is 57.9 Å². The van der Waals surface area contributed by atoms with E-state index >= 15 is 0 Å². The number of unbranched alkanes of at least 4 members (excludes halogenated alkanes) is 2. The van der Waals surface area contributed by atoms with E-state index in [0.717, 1.165) is 62.1 Å². The van der Waals surface area contributed by atoms with Gasteiger partial charge < -0.3 is 28.4 Å². The minimum absolute atomic E-state index is 0. The van der Waals surface area contributed by atoms with Crippen molar-refractivity contribution in [2.24, 2.45) is 17.8 Å². The molecule has 3 atom stereocenters. The molecular weight excluding hydrogens is 1910 g/mol. The molecule has 0 heterocycles. The summed E-state index contributed by atoms with van der Waals surface area (Å²) in [7, 11) is -2.64. The predicted octanol–water partition coefficient (Wildman–Crippen LogP) is 30.1. The van der Waals surface area contributed by atoms with Crippen LogP contribution in [-0.4, -0.2) is 98.7 Å². The fourth-order valence-electron chi connectivity index (χ4n) is 15.2. The fraction of sp³-hybridized carbons (Fsp3) is 0.354. The molecule has 0 spiro atoms. The maximum Gasteiger partial charge on any atom is 0.311 e. The van der Waals surface area contributed by atoms with Gasteiger partial charge in [0.05, 0.1) is 57.0 Å². The van der Waals surface area contributed by atoms with E-state index in [2.05, 4.69) is 359 Å². The molecule has 0 aliphatic rings. The Morgan fingerprint density at radius 2 is 0.537 bits per heavy atom. The Hall–Kier alpha value is -11.2. The number of carbonyl (C=O) groups excluding carboxylic acids is 6. The highest BCUT2D eigenvalue weighted by atomic mass is 31.1. The summed E-state index contributed by atoms with van der Waals surface area (Å²) in [5, 5.41) is 13.0. The highest BCUT2D eigenvalue weighted by Crippen LogP contribution is 2.42. The van der Waals surface area contributed by atoms with Crippen molar-refractivity contribution in [2.75, 3.05) is 57.2 Å². The zero-order chi connectivity index (χ0) is 102. The fourth-order valence-corrected chi connectivity index (χ4v) is 27.2. The van der Waals surface area contributed by atoms with Gasteiger partial charge in [0.2, 0.25) is 0 Å². The molecule has 0 N–H and O–H groups in total. The van der Waals surface area contributed by atoms with E-state index in [1.165, 1.54) is 69.7 Å². The highest BCUT2D eigenvalue weighted by Gasteiger charge is 2.30. The molecule has 0 aromatic heterocycles. The van der Waals surface area contributed by atoms with E-state index in [1.807, 2.05) is 134 Å². The molecule has 0 amide bonds. The first kappa shape index (κ1) is 132. The van der Waals surface area contributed by atoms with E-state index in [1.54, 1.807) is 0 Å². The van der Waals surface area contributed by atoms with Gasteiger partial charge in [-0.15, -0.1) is 0 Å². The van der Waals surface area contributed by atoms with Gasteiger partial charge in [-0.05, 0) is 211 Å². The monoisotopic (exact) mass is 2080 g/mol. The molecule has 0 saturated carbocycles. The Morgan fingerprint density at radius 3 is 0.803 bits per heavy atom. The predicted molar refractivity (Wildman–Crippen MR) is 641 cm³/mol. The maximum atomic E-state index is 12.9. The van der Waals surface area contributed by atoms with Crippen LogP contribution in [0.25, 0.3) is 0 Å². The van der Waals surface area contributed by atoms with Crippen molar-refractivity contribution in [3.05, 3.63) is 404 Å². The molecule has 13 aromatic rings. The van der Waals surface area contributed by atoms with Gasteiger partial charge in [-0.3, -0.25) is 28.8 Å². The molecule has 147 heavy (non-hydrogen) atoms. The van der Waals surface area contributed by atoms with Crippen LogP contribution in [-0.2, 0) is 63.3 Å². The van der Waals surface area contributed by atoms with Crippen molar-refractivity contribution < 1.29 is 57.2 Å². The summed E-state index contributed by atoms with van der Waals surface area (Å²) in [5.74, 6) is -0.112. The topological polar surface area (TPSA) is 158 Å². The summed E-state index contributed by atoms with van der Waals surface area (Å²) in [6.45, 7) is 34.6. The van der Waals surface area contributed by atoms with Gasteiger partial charge in [-0.25, -0.2) is 0 Å². The van der Waals surface area contributed by atoms with E-state index in [4.69, 9.17) is 28.4 Å². The molecule has 3 unspecified atom stereocenters. The van der Waals surface area contributed by atoms with Gasteiger partial charge in [0.15, 0.2) is 0 Å². The Kier molecular flexibility index (Phi) is 64.8. The number of carbonyl (C=O) groups is 6. The number of hydrogen-bond acceptors (Lipinski definition) is 12. The Balaban J connectivity index is 0.000000595. The Bertz CT molecular complexity index is 5430. The van der Waals surface area contributed by atoms with Crippen molar-refractivity contribution >= 4 is 128 Å². The van der Waals surface area contributed by atoms with Gasteiger partial charge >= 0.3 is 35.8 Å². The van der Waals surface area contributed by atoms with Crippen LogP contribution < -0.4 is 57.8 Å². The number of rotatable bonds is 39. The van der Waals surface area contributed by atoms with E-state index < -0.39 is 45.2 Å². The lowest BCUT2D eigenvalue weighted by Gasteiger charge is -2.27. The number of benzene rings is 13. The van der Waals surface area contributed by atoms with Crippen LogP contribution in [0.3, 0.4) is 0 Å². The van der Waals surface area contributed by atoms with Crippen molar-refractivity contribution in [1.82, 2.24) is 0 Å². The SMILES string of the molecule is C.C.C.C.C.C.CC(C)(C)c1ccc(OC(=O)CCC(c2ccccc2)c2ccccc2)c(C(C)(C)C)c1.CC(CP(c1ccccc1)c1ccccc1)C(=O)OC(C)(C)C.CCCCOC(=O)C(C)CP(c1ccccc1)c1ccccc1.CCCCOC(=O)CCP(c1ccccc1)c1ccccc1.CCOC(=O)C(C)CP(c1ccccc1)c1ccccc1.CCOC(=O)CCP(c1ccccc1)c1ccccc1. The Morgan fingerprint density at radius 1 is 0.279 bits per heavy atom. The van der Waals surface area contributed by atoms with Crippen molar-refractivity contribution in [3.63, 3.8) is 0 Å². The molecule has 0 fully saturated rings. The molecule has 0 bridgehead atoms. The lowest BCUT2D eigenvalue weighted by atomic mass is 9.80. The van der Waals surface area contributed by atoms with Crippen molar-refractivity contribution in [1.29, 1.82) is 0 Å². The standard InChI is InChI=1S/C30H36O2.2C20H25O2P.C19H23O2P.C18H21O2P.C17H19O2P.6CH4/c1-29(2,3)24-17-19-27(26(21-24)30(4,5)6)32-28(31)20-18-25(22-13-9-7-10-14-22)23-15-11-8-12-16-23;1-16(19(21)22-20(2,3)4)15-23(17-11-7-5-8-12-17)18-13-9-6-10-14-18;1-3-4-15-22-20(21)17(2)16-23(18-11-7-5-8-12-18)19-13-9-6-10-14-19;1-2-3-15-21-19(20)14-16-22(17-10-6-4-7-11-17)18-12-8-5-9-13-18;1-3-20-18(19)15(2)14-21(16-10-6-4-7-11-16)17-12-8-5-9-13-17;1-2-19-17(18)13-14-20(15-9-5-3-6-10-15)16-11-7-4-8-12-16;;;;;;/h7-17,19,21,25H,18,20H2,1-6H3;5-14,16H,15H2,1-4H3;5-14,17H,3-4,15-16H2,1-2H3;4-13H,2-3,14-16H2,1H3;4-13,15H,3,14H2,1-2H3;3-12H,2,13-14H2,1H3;6*1H4. The zero-order valence-electron chi connectivity index (χ0n) is 85.8. The van der Waals surface area contributed by atoms with Crippen LogP contribution in [0.2, 0.25) is 0 Å². The lowest BCUT2D eigenvalue weighted by Crippen LogP contribution is -2.30. The van der Waals surface area contributed by atoms with Gasteiger partial charge in [-0.2, -0.15) is 0 Å². The molecule has 12 nitrogen and oxygen atoms in total. The molecule has 0 aliphatic heterocycles. The van der Waals surface area contributed by atoms with Crippen molar-refractivity contribution in [2.45, 2.75) is 229 Å². The molecule has 0 radical (unpaired) electrons. The molecule has 790 valence electrons. The summed E-state index contributed by atoms with van der Waals surface area (Å²) >= 11 is 0. The van der Waals surface area contributed by atoms with Gasteiger partial charge in [0.25, 0.3) is 0 Å². The smallest absolute Gasteiger partial charge is 0.311 e. The minimum atomic E-state index is -0.565. The maximum absolute atomic E-state index is 12.9.